The van der Waals surface area contributed by atoms with Gasteiger partial charge in [0.05, 0.1) is 25.2 Å². The van der Waals surface area contributed by atoms with Crippen molar-refractivity contribution in [2.75, 3.05) is 46.2 Å². The molecule has 1 rings (SSSR count). The van der Waals surface area contributed by atoms with Gasteiger partial charge in [0.15, 0.2) is 0 Å². The Morgan fingerprint density at radius 1 is 0.484 bits per heavy atom. The lowest BCUT2D eigenvalue weighted by molar-refractivity contribution is -0.156. The molecule has 1 heterocycles. The van der Waals surface area contributed by atoms with Gasteiger partial charge < -0.3 is 33.3 Å². The molecule has 0 unspecified atom stereocenters. The summed E-state index contributed by atoms with van der Waals surface area (Å²) in [4.78, 5) is 77.9. The van der Waals surface area contributed by atoms with Gasteiger partial charge in [0, 0.05) is 49.4 Å². The largest absolute Gasteiger partial charge is 0.463 e. The van der Waals surface area contributed by atoms with Gasteiger partial charge in [-0.05, 0) is 51.1 Å². The van der Waals surface area contributed by atoms with Crippen molar-refractivity contribution in [3.05, 3.63) is 88.7 Å². The van der Waals surface area contributed by atoms with E-state index in [-0.39, 0.29) is 43.6 Å². The number of ether oxygens (including phenoxy) is 6. The summed E-state index contributed by atoms with van der Waals surface area (Å²) in [5.74, 6) is -2.71. The maximum Gasteiger partial charge on any atom is 0.330 e. The molecule has 1 saturated heterocycles. The number of nitrogens with zero attached hydrogens (tertiary/aromatic N) is 1. The normalized spacial score (nSPS) is 11.1. The second-order valence-corrected chi connectivity index (χ2v) is 13.9. The molecule has 1 fully saturated rings. The van der Waals surface area contributed by atoms with Gasteiger partial charge in [0.2, 0.25) is 5.91 Å². The second-order valence-electron chi connectivity index (χ2n) is 13.9. The average molecular weight is 874 g/mol. The Hall–Kier alpha value is -5.53. The zero-order valence-corrected chi connectivity index (χ0v) is 37.7. The van der Waals surface area contributed by atoms with Gasteiger partial charge >= 0.3 is 35.8 Å². The third-order valence-corrected chi connectivity index (χ3v) is 8.91. The first-order valence-corrected chi connectivity index (χ1v) is 21.5. The van der Waals surface area contributed by atoms with Crippen LogP contribution in [0, 0.1) is 5.41 Å². The molecule has 0 aromatic heterocycles. The molecule has 0 N–H and O–H groups in total. The van der Waals surface area contributed by atoms with E-state index in [1.54, 1.807) is 18.0 Å². The topological polar surface area (TPSA) is 178 Å². The number of carbonyl (C=O) groups is 7. The lowest BCUT2D eigenvalue weighted by Gasteiger charge is -2.30. The fraction of sp³-hybridized carbons (Fsp3) is 0.562. The van der Waals surface area contributed by atoms with Gasteiger partial charge in [0.1, 0.15) is 19.8 Å². The first kappa shape index (κ1) is 60.8. The molecule has 0 saturated carbocycles. The van der Waals surface area contributed by atoms with E-state index in [9.17, 15) is 33.6 Å². The van der Waals surface area contributed by atoms with Crippen LogP contribution >= 0.6 is 0 Å². The summed E-state index contributed by atoms with van der Waals surface area (Å²) in [6.45, 7) is 29.4. The number of rotatable bonds is 32. The molecule has 14 heteroatoms. The molecule has 14 nitrogen and oxygen atoms in total. The Balaban J connectivity index is -0.000000777. The van der Waals surface area contributed by atoms with E-state index in [2.05, 4.69) is 53.0 Å². The zero-order chi connectivity index (χ0) is 47.3. The number of amides is 1. The highest BCUT2D eigenvalue weighted by Gasteiger charge is 2.33. The minimum Gasteiger partial charge on any atom is -0.463 e. The summed E-state index contributed by atoms with van der Waals surface area (Å²) in [6.07, 6.45) is 26.8. The van der Waals surface area contributed by atoms with Crippen molar-refractivity contribution in [3.8, 4) is 0 Å². The summed E-state index contributed by atoms with van der Waals surface area (Å²) < 4.78 is 29.5. The molecule has 0 radical (unpaired) electrons. The van der Waals surface area contributed by atoms with Crippen LogP contribution in [0.4, 0.5) is 0 Å². The van der Waals surface area contributed by atoms with Crippen LogP contribution < -0.4 is 0 Å². The second kappa shape index (κ2) is 43.6. The summed E-state index contributed by atoms with van der Waals surface area (Å²) >= 11 is 0. The maximum atomic E-state index is 11.2. The van der Waals surface area contributed by atoms with Gasteiger partial charge in [0.25, 0.3) is 0 Å². The fourth-order valence-electron chi connectivity index (χ4n) is 4.98. The van der Waals surface area contributed by atoms with Crippen molar-refractivity contribution in [1.29, 1.82) is 0 Å². The Labute approximate surface area is 371 Å². The number of hydrogen-bond donors (Lipinski definition) is 0. The Kier molecular flexibility index (Phi) is 42.7. The molecule has 1 amide bonds. The van der Waals surface area contributed by atoms with Crippen LogP contribution in [-0.2, 0) is 62.0 Å². The summed E-state index contributed by atoms with van der Waals surface area (Å²) in [5, 5.41) is 0. The molecule has 0 spiro atoms. The molecule has 1 aliphatic rings. The SMILES string of the molecule is C=CC(=O)OCC(CC)(COC(=O)C=C)COC(=O)C=C.C=CC(=O)OCCCCCCCCCCCC.C=CC(=O)OCCCCCCOC(=O)C=C.C=CN1CCCC1=O. The highest BCUT2D eigenvalue weighted by atomic mass is 16.6. The van der Waals surface area contributed by atoms with E-state index in [1.807, 2.05) is 0 Å². The van der Waals surface area contributed by atoms with Gasteiger partial charge in [-0.15, -0.1) is 0 Å². The Bertz CT molecular complexity index is 1280. The van der Waals surface area contributed by atoms with Gasteiger partial charge in [-0.1, -0.05) is 118 Å². The molecular formula is C48H75NO13. The highest BCUT2D eigenvalue weighted by molar-refractivity contribution is 5.83. The quantitative estimate of drug-likeness (QED) is 0.0271. The van der Waals surface area contributed by atoms with E-state index in [0.29, 0.717) is 32.7 Å². The van der Waals surface area contributed by atoms with Crippen molar-refractivity contribution in [2.24, 2.45) is 5.41 Å². The van der Waals surface area contributed by atoms with Crippen molar-refractivity contribution in [1.82, 2.24) is 4.90 Å². The molecule has 62 heavy (non-hydrogen) atoms. The minimum atomic E-state index is -0.837. The summed E-state index contributed by atoms with van der Waals surface area (Å²) in [6, 6.07) is 0. The average Bonchev–Trinajstić information content (AvgIpc) is 3.73. The molecule has 0 aromatic carbocycles. The van der Waals surface area contributed by atoms with Gasteiger partial charge in [-0.25, -0.2) is 28.8 Å². The van der Waals surface area contributed by atoms with Crippen LogP contribution in [0.1, 0.15) is 123 Å². The molecule has 0 aliphatic carbocycles. The van der Waals surface area contributed by atoms with Crippen LogP contribution in [0.3, 0.4) is 0 Å². The molecule has 350 valence electrons. The van der Waals surface area contributed by atoms with Crippen LogP contribution in [0.2, 0.25) is 0 Å². The monoisotopic (exact) mass is 874 g/mol. The molecule has 0 aromatic rings. The van der Waals surface area contributed by atoms with Crippen molar-refractivity contribution in [2.45, 2.75) is 123 Å². The molecule has 1 aliphatic heterocycles. The molecular weight excluding hydrogens is 799 g/mol. The predicted octanol–water partition coefficient (Wildman–Crippen LogP) is 8.96. The zero-order valence-electron chi connectivity index (χ0n) is 37.7. The van der Waals surface area contributed by atoms with Gasteiger partial charge in [-0.3, -0.25) is 4.79 Å². The van der Waals surface area contributed by atoms with Crippen LogP contribution in [0.15, 0.2) is 88.7 Å². The maximum absolute atomic E-state index is 11.2. The van der Waals surface area contributed by atoms with Crippen molar-refractivity contribution >= 4 is 41.7 Å². The first-order valence-electron chi connectivity index (χ1n) is 21.5. The van der Waals surface area contributed by atoms with E-state index in [0.717, 1.165) is 75.4 Å². The number of carbonyl (C=O) groups excluding carboxylic acids is 7. The van der Waals surface area contributed by atoms with E-state index < -0.39 is 23.3 Å². The van der Waals surface area contributed by atoms with E-state index >= 15 is 0 Å². The van der Waals surface area contributed by atoms with E-state index in [4.69, 9.17) is 28.4 Å². The summed E-state index contributed by atoms with van der Waals surface area (Å²) in [5.41, 5.74) is -0.837. The van der Waals surface area contributed by atoms with Crippen LogP contribution in [0.25, 0.3) is 0 Å². The third kappa shape index (κ3) is 38.7. The Morgan fingerprint density at radius 2 is 0.774 bits per heavy atom. The minimum absolute atomic E-state index is 0.0802. The number of likely N-dealkylation sites (tertiary alicyclic amines) is 1. The highest BCUT2D eigenvalue weighted by Crippen LogP contribution is 2.24. The molecule has 0 atom stereocenters. The standard InChI is InChI=1S/C15H20O6.C15H28O2.C12H18O4.C6H9NO/c1-5-12(16)19-9-15(8-4,10-20-13(17)6-2)11-21-14(18)7-3;1-3-5-6-7-8-9-10-11-12-13-14-17-15(16)4-2;1-3-11(13)15-9-7-5-6-8-10-16-12(14)4-2;1-2-7-5-3-4-6(7)8/h5-7H,1-3,8-11H2,4H3;4H,2-3,5-14H2,1H3;3-4H,1-2,5-10H2;2H,1,3-5H2. The smallest absolute Gasteiger partial charge is 0.330 e. The van der Waals surface area contributed by atoms with Crippen LogP contribution in [-0.4, -0.2) is 92.8 Å². The fourth-order valence-corrected chi connectivity index (χ4v) is 4.98. The van der Waals surface area contributed by atoms with Crippen molar-refractivity contribution < 1.29 is 62.0 Å². The predicted molar refractivity (Wildman–Crippen MR) is 241 cm³/mol. The van der Waals surface area contributed by atoms with Crippen molar-refractivity contribution in [3.63, 3.8) is 0 Å². The first-order chi connectivity index (χ1) is 29.8. The Morgan fingerprint density at radius 3 is 1.00 bits per heavy atom. The number of hydrogen-bond acceptors (Lipinski definition) is 13. The van der Waals surface area contributed by atoms with E-state index in [1.165, 1.54) is 63.9 Å². The van der Waals surface area contributed by atoms with Crippen LogP contribution in [0.5, 0.6) is 0 Å². The van der Waals surface area contributed by atoms with Gasteiger partial charge in [-0.2, -0.15) is 0 Å². The lowest BCUT2D eigenvalue weighted by atomic mass is 9.88. The number of esters is 6. The number of unbranched alkanes of at least 4 members (excludes halogenated alkanes) is 12. The summed E-state index contributed by atoms with van der Waals surface area (Å²) in [7, 11) is 0. The third-order valence-electron chi connectivity index (χ3n) is 8.91. The molecule has 0 bridgehead atoms. The lowest BCUT2D eigenvalue weighted by Crippen LogP contribution is -2.38.